The van der Waals surface area contributed by atoms with Gasteiger partial charge in [0.1, 0.15) is 12.4 Å². The Kier molecular flexibility index (Phi) is 4.39. The highest BCUT2D eigenvalue weighted by molar-refractivity contribution is 5.90. The molecule has 1 atom stereocenters. The maximum absolute atomic E-state index is 11.9. The summed E-state index contributed by atoms with van der Waals surface area (Å²) in [5, 5.41) is 3.17. The van der Waals surface area contributed by atoms with Gasteiger partial charge in [0.25, 0.3) is 0 Å². The molecule has 0 radical (unpaired) electrons. The van der Waals surface area contributed by atoms with Crippen LogP contribution in [0.5, 0.6) is 0 Å². The molecule has 0 bridgehead atoms. The summed E-state index contributed by atoms with van der Waals surface area (Å²) in [7, 11) is 1.72. The average molecular weight is 261 g/mol. The highest BCUT2D eigenvalue weighted by atomic mass is 16.6. The van der Waals surface area contributed by atoms with Crippen LogP contribution >= 0.6 is 0 Å². The number of aliphatic imine (C=N–C) groups is 1. The van der Waals surface area contributed by atoms with E-state index in [9.17, 15) is 4.79 Å². The molecular weight excluding hydrogens is 242 g/mol. The van der Waals surface area contributed by atoms with Gasteiger partial charge >= 0.3 is 6.09 Å². The molecule has 1 aliphatic heterocycles. The zero-order chi connectivity index (χ0) is 13.7. The molecule has 1 N–H and O–H groups in total. The third kappa shape index (κ3) is 3.47. The number of hydrogen-bond donors (Lipinski definition) is 1. The Morgan fingerprint density at radius 1 is 1.47 bits per heavy atom. The molecule has 1 amide bonds. The number of nitrogens with one attached hydrogen (secondary N) is 1. The molecule has 0 spiro atoms. The Bertz CT molecular complexity index is 459. The minimum absolute atomic E-state index is 0.0919. The topological polar surface area (TPSA) is 53.9 Å². The van der Waals surface area contributed by atoms with E-state index in [-0.39, 0.29) is 18.7 Å². The lowest BCUT2D eigenvalue weighted by Gasteiger charge is -2.24. The third-order valence-corrected chi connectivity index (χ3v) is 3.17. The van der Waals surface area contributed by atoms with Crippen molar-refractivity contribution in [3.05, 3.63) is 35.9 Å². The Balaban J connectivity index is 1.85. The smallest absolute Gasteiger partial charge is 0.410 e. The van der Waals surface area contributed by atoms with E-state index >= 15 is 0 Å². The van der Waals surface area contributed by atoms with Crippen molar-refractivity contribution in [3.63, 3.8) is 0 Å². The maximum Gasteiger partial charge on any atom is 0.410 e. The van der Waals surface area contributed by atoms with Crippen LogP contribution in [0.4, 0.5) is 4.79 Å². The first kappa shape index (κ1) is 13.4. The molecule has 19 heavy (non-hydrogen) atoms. The van der Waals surface area contributed by atoms with Gasteiger partial charge in [-0.1, -0.05) is 30.3 Å². The van der Waals surface area contributed by atoms with Crippen LogP contribution in [-0.4, -0.2) is 43.0 Å². The van der Waals surface area contributed by atoms with Gasteiger partial charge in [0.05, 0.1) is 12.6 Å². The monoisotopic (exact) mass is 261 g/mol. The molecule has 0 unspecified atom stereocenters. The van der Waals surface area contributed by atoms with Crippen LogP contribution in [0.1, 0.15) is 12.5 Å². The van der Waals surface area contributed by atoms with E-state index in [1.807, 2.05) is 37.3 Å². The Morgan fingerprint density at radius 3 is 2.84 bits per heavy atom. The molecular formula is C14H19N3O2. The number of carbonyl (C=O) groups is 1. The van der Waals surface area contributed by atoms with Gasteiger partial charge in [0.15, 0.2) is 0 Å². The lowest BCUT2D eigenvalue weighted by Crippen LogP contribution is -2.44. The van der Waals surface area contributed by atoms with Crippen molar-refractivity contribution in [2.75, 3.05) is 20.1 Å². The van der Waals surface area contributed by atoms with Crippen molar-refractivity contribution >= 4 is 11.9 Å². The molecule has 0 aromatic heterocycles. The number of hydrogen-bond acceptors (Lipinski definition) is 4. The Hall–Kier alpha value is -2.04. The summed E-state index contributed by atoms with van der Waals surface area (Å²) < 4.78 is 5.27. The largest absolute Gasteiger partial charge is 0.445 e. The summed E-state index contributed by atoms with van der Waals surface area (Å²) in [6, 6.07) is 9.55. The Morgan fingerprint density at radius 2 is 2.21 bits per heavy atom. The maximum atomic E-state index is 11.9. The summed E-state index contributed by atoms with van der Waals surface area (Å²) in [5.41, 5.74) is 0.980. The minimum Gasteiger partial charge on any atom is -0.445 e. The van der Waals surface area contributed by atoms with Gasteiger partial charge in [0, 0.05) is 13.6 Å². The molecule has 0 fully saturated rings. The summed E-state index contributed by atoms with van der Waals surface area (Å²) >= 11 is 0. The van der Waals surface area contributed by atoms with Crippen LogP contribution in [-0.2, 0) is 11.3 Å². The van der Waals surface area contributed by atoms with Gasteiger partial charge in [-0.15, -0.1) is 0 Å². The molecule has 1 heterocycles. The molecule has 5 heteroatoms. The fourth-order valence-corrected chi connectivity index (χ4v) is 1.86. The zero-order valence-electron chi connectivity index (χ0n) is 11.3. The van der Waals surface area contributed by atoms with E-state index in [1.54, 1.807) is 11.9 Å². The quantitative estimate of drug-likeness (QED) is 0.896. The van der Waals surface area contributed by atoms with Crippen LogP contribution in [0.2, 0.25) is 0 Å². The van der Waals surface area contributed by atoms with Crippen molar-refractivity contribution in [2.45, 2.75) is 19.6 Å². The number of amidine groups is 1. The first-order valence-electron chi connectivity index (χ1n) is 6.40. The number of nitrogens with zero attached hydrogens (tertiary/aromatic N) is 2. The summed E-state index contributed by atoms with van der Waals surface area (Å²) in [6.07, 6.45) is -0.340. The molecule has 0 aliphatic carbocycles. The van der Waals surface area contributed by atoms with Crippen LogP contribution in [0.25, 0.3) is 0 Å². The number of carbonyl (C=O) groups excluding carboxylic acids is 1. The van der Waals surface area contributed by atoms with Gasteiger partial charge in [0.2, 0.25) is 0 Å². The van der Waals surface area contributed by atoms with Gasteiger partial charge in [-0.3, -0.25) is 4.99 Å². The lowest BCUT2D eigenvalue weighted by atomic mass is 10.2. The van der Waals surface area contributed by atoms with Crippen molar-refractivity contribution in [2.24, 2.45) is 4.99 Å². The Labute approximate surface area is 113 Å². The number of rotatable bonds is 4. The summed E-state index contributed by atoms with van der Waals surface area (Å²) in [6.45, 7) is 3.83. The fourth-order valence-electron chi connectivity index (χ4n) is 1.86. The fraction of sp³-hybridized carbons (Fsp3) is 0.429. The SMILES string of the molecule is C[C@@H](C1=NCCN1)N(C)C(=O)OCc1ccccc1. The molecule has 5 nitrogen and oxygen atoms in total. The van der Waals surface area contributed by atoms with Gasteiger partial charge in [-0.05, 0) is 12.5 Å². The van der Waals surface area contributed by atoms with E-state index in [1.165, 1.54) is 0 Å². The van der Waals surface area contributed by atoms with E-state index < -0.39 is 0 Å². The molecule has 1 aromatic carbocycles. The van der Waals surface area contributed by atoms with E-state index in [0.717, 1.165) is 24.5 Å². The second kappa shape index (κ2) is 6.22. The molecule has 0 saturated carbocycles. The predicted molar refractivity (Wildman–Crippen MR) is 74.2 cm³/mol. The molecule has 1 aromatic rings. The first-order chi connectivity index (χ1) is 9.18. The third-order valence-electron chi connectivity index (χ3n) is 3.17. The highest BCUT2D eigenvalue weighted by Gasteiger charge is 2.23. The molecule has 0 saturated heterocycles. The molecule has 102 valence electrons. The lowest BCUT2D eigenvalue weighted by molar-refractivity contribution is 0.101. The van der Waals surface area contributed by atoms with Crippen molar-refractivity contribution < 1.29 is 9.53 Å². The molecule has 2 rings (SSSR count). The van der Waals surface area contributed by atoms with E-state index in [4.69, 9.17) is 4.74 Å². The van der Waals surface area contributed by atoms with Gasteiger partial charge in [-0.25, -0.2) is 4.79 Å². The standard InChI is InChI=1S/C14H19N3O2/c1-11(13-15-8-9-16-13)17(2)14(18)19-10-12-6-4-3-5-7-12/h3-7,11H,8-10H2,1-2H3,(H,15,16)/t11-/m0/s1. The number of ether oxygens (including phenoxy) is 1. The average Bonchev–Trinajstić information content (AvgIpc) is 2.98. The zero-order valence-corrected chi connectivity index (χ0v) is 11.3. The highest BCUT2D eigenvalue weighted by Crippen LogP contribution is 2.06. The second-order valence-electron chi connectivity index (χ2n) is 4.52. The van der Waals surface area contributed by atoms with Gasteiger partial charge < -0.3 is 15.0 Å². The normalized spacial score (nSPS) is 15.4. The first-order valence-corrected chi connectivity index (χ1v) is 6.40. The minimum atomic E-state index is -0.340. The van der Waals surface area contributed by atoms with Crippen molar-refractivity contribution in [1.29, 1.82) is 0 Å². The molecule has 1 aliphatic rings. The van der Waals surface area contributed by atoms with Gasteiger partial charge in [-0.2, -0.15) is 0 Å². The summed E-state index contributed by atoms with van der Waals surface area (Å²) in [5.74, 6) is 0.846. The van der Waals surface area contributed by atoms with Crippen molar-refractivity contribution in [3.8, 4) is 0 Å². The van der Waals surface area contributed by atoms with E-state index in [0.29, 0.717) is 0 Å². The number of amides is 1. The van der Waals surface area contributed by atoms with Crippen LogP contribution in [0, 0.1) is 0 Å². The van der Waals surface area contributed by atoms with Crippen molar-refractivity contribution in [1.82, 2.24) is 10.2 Å². The van der Waals surface area contributed by atoms with Crippen LogP contribution < -0.4 is 5.32 Å². The number of benzene rings is 1. The van der Waals surface area contributed by atoms with E-state index in [2.05, 4.69) is 10.3 Å². The van der Waals surface area contributed by atoms with Crippen LogP contribution in [0.3, 0.4) is 0 Å². The summed E-state index contributed by atoms with van der Waals surface area (Å²) in [4.78, 5) is 17.8. The van der Waals surface area contributed by atoms with Crippen LogP contribution in [0.15, 0.2) is 35.3 Å². The second-order valence-corrected chi connectivity index (χ2v) is 4.52. The predicted octanol–water partition coefficient (Wildman–Crippen LogP) is 1.65. The number of likely N-dealkylation sites (N-methyl/N-ethyl adjacent to an activating group) is 1.